The topological polar surface area (TPSA) is 106 Å². The van der Waals surface area contributed by atoms with Crippen LogP contribution in [0.15, 0.2) is 52.0 Å². The van der Waals surface area contributed by atoms with Gasteiger partial charge in [-0.2, -0.15) is 0 Å². The van der Waals surface area contributed by atoms with Crippen molar-refractivity contribution in [2.75, 3.05) is 6.61 Å². The number of hydrogen-bond acceptors (Lipinski definition) is 6. The van der Waals surface area contributed by atoms with Gasteiger partial charge in [0.1, 0.15) is 5.76 Å². The van der Waals surface area contributed by atoms with Crippen molar-refractivity contribution in [3.05, 3.63) is 54.0 Å². The van der Waals surface area contributed by atoms with Crippen LogP contribution in [-0.4, -0.2) is 43.9 Å². The van der Waals surface area contributed by atoms with Gasteiger partial charge in [0, 0.05) is 12.1 Å². The lowest BCUT2D eigenvalue weighted by molar-refractivity contribution is -0.140. The fraction of sp³-hybridized carbons (Fsp3) is 0.429. The first-order valence-electron chi connectivity index (χ1n) is 9.88. The van der Waals surface area contributed by atoms with Gasteiger partial charge in [-0.3, -0.25) is 4.79 Å². The SMILES string of the molecule is CC1CCCC(C)N1C(=O)COC(=O)c1cccc(S(=O)(=O)NCc2ccco2)c1. The van der Waals surface area contributed by atoms with E-state index in [9.17, 15) is 18.0 Å². The number of amides is 1. The number of sulfonamides is 1. The number of carbonyl (C=O) groups excluding carboxylic acids is 2. The summed E-state index contributed by atoms with van der Waals surface area (Å²) in [4.78, 5) is 26.6. The summed E-state index contributed by atoms with van der Waals surface area (Å²) in [5.41, 5.74) is 0.0587. The third-order valence-electron chi connectivity index (χ3n) is 5.20. The predicted molar refractivity (Wildman–Crippen MR) is 109 cm³/mol. The van der Waals surface area contributed by atoms with Crippen LogP contribution in [0, 0.1) is 0 Å². The highest BCUT2D eigenvalue weighted by molar-refractivity contribution is 7.89. The highest BCUT2D eigenvalue weighted by Gasteiger charge is 2.29. The molecule has 1 aromatic carbocycles. The number of nitrogens with zero attached hydrogens (tertiary/aromatic N) is 1. The minimum atomic E-state index is -3.85. The van der Waals surface area contributed by atoms with Crippen molar-refractivity contribution in [3.63, 3.8) is 0 Å². The number of hydrogen-bond donors (Lipinski definition) is 1. The van der Waals surface area contributed by atoms with Crippen molar-refractivity contribution in [3.8, 4) is 0 Å². The van der Waals surface area contributed by atoms with Crippen molar-refractivity contribution in [1.29, 1.82) is 0 Å². The quantitative estimate of drug-likeness (QED) is 0.672. The molecule has 1 aliphatic heterocycles. The molecule has 0 spiro atoms. The van der Waals surface area contributed by atoms with Crippen molar-refractivity contribution < 1.29 is 27.2 Å². The van der Waals surface area contributed by atoms with Gasteiger partial charge in [-0.25, -0.2) is 17.9 Å². The number of ether oxygens (including phenoxy) is 1. The van der Waals surface area contributed by atoms with Gasteiger partial charge in [-0.15, -0.1) is 0 Å². The molecule has 0 radical (unpaired) electrons. The second-order valence-electron chi connectivity index (χ2n) is 7.44. The Morgan fingerprint density at radius 1 is 1.17 bits per heavy atom. The standard InChI is InChI=1S/C21H26N2O6S/c1-15-6-3-7-16(2)23(15)20(24)14-29-21(25)17-8-4-10-19(12-17)30(26,27)22-13-18-9-5-11-28-18/h4-5,8-12,15-16,22H,3,6-7,13-14H2,1-2H3. The van der Waals surface area contributed by atoms with Gasteiger partial charge < -0.3 is 14.1 Å². The molecule has 1 N–H and O–H groups in total. The number of nitrogens with one attached hydrogen (secondary N) is 1. The monoisotopic (exact) mass is 434 g/mol. The van der Waals surface area contributed by atoms with Gasteiger partial charge in [0.15, 0.2) is 6.61 Å². The van der Waals surface area contributed by atoms with Crippen LogP contribution in [0.3, 0.4) is 0 Å². The van der Waals surface area contributed by atoms with Crippen molar-refractivity contribution in [2.45, 2.75) is 56.6 Å². The molecule has 3 rings (SSSR count). The number of esters is 1. The van der Waals surface area contributed by atoms with Crippen molar-refractivity contribution in [2.24, 2.45) is 0 Å². The minimum absolute atomic E-state index is 0.00921. The predicted octanol–water partition coefficient (Wildman–Crippen LogP) is 2.70. The summed E-state index contributed by atoms with van der Waals surface area (Å²) in [5.74, 6) is -0.524. The third kappa shape index (κ3) is 5.28. The van der Waals surface area contributed by atoms with E-state index in [0.29, 0.717) is 5.76 Å². The lowest BCUT2D eigenvalue weighted by atomic mass is 9.97. The van der Waals surface area contributed by atoms with Crippen LogP contribution in [0.1, 0.15) is 49.2 Å². The number of likely N-dealkylation sites (tertiary alicyclic amines) is 1. The zero-order valence-electron chi connectivity index (χ0n) is 17.0. The molecular weight excluding hydrogens is 408 g/mol. The molecule has 2 aromatic rings. The normalized spacial score (nSPS) is 19.5. The average Bonchev–Trinajstić information content (AvgIpc) is 3.24. The van der Waals surface area contributed by atoms with Crippen LogP contribution >= 0.6 is 0 Å². The Balaban J connectivity index is 1.62. The summed E-state index contributed by atoms with van der Waals surface area (Å²) in [5, 5.41) is 0. The molecule has 1 aromatic heterocycles. The number of rotatable bonds is 7. The van der Waals surface area contributed by atoms with E-state index in [0.717, 1.165) is 19.3 Å². The second kappa shape index (κ2) is 9.44. The molecule has 8 nitrogen and oxygen atoms in total. The third-order valence-corrected chi connectivity index (χ3v) is 6.60. The zero-order valence-corrected chi connectivity index (χ0v) is 17.9. The molecule has 9 heteroatoms. The highest BCUT2D eigenvalue weighted by atomic mass is 32.2. The molecule has 0 bridgehead atoms. The van der Waals surface area contributed by atoms with Gasteiger partial charge in [-0.1, -0.05) is 6.07 Å². The van der Waals surface area contributed by atoms with Gasteiger partial charge in [0.05, 0.1) is 23.3 Å². The summed E-state index contributed by atoms with van der Waals surface area (Å²) in [6, 6.07) is 9.03. The van der Waals surface area contributed by atoms with Crippen LogP contribution in [0.2, 0.25) is 0 Å². The molecule has 1 fully saturated rings. The Morgan fingerprint density at radius 3 is 2.57 bits per heavy atom. The van der Waals surface area contributed by atoms with Gasteiger partial charge in [0.25, 0.3) is 5.91 Å². The smallest absolute Gasteiger partial charge is 0.338 e. The maximum Gasteiger partial charge on any atom is 0.338 e. The van der Waals surface area contributed by atoms with Crippen LogP contribution in [0.5, 0.6) is 0 Å². The largest absolute Gasteiger partial charge is 0.468 e. The average molecular weight is 435 g/mol. The van der Waals surface area contributed by atoms with Gasteiger partial charge in [0.2, 0.25) is 10.0 Å². The Hall–Kier alpha value is -2.65. The number of benzene rings is 1. The lowest BCUT2D eigenvalue weighted by Crippen LogP contribution is -2.49. The van der Waals surface area contributed by atoms with E-state index in [1.807, 2.05) is 13.8 Å². The summed E-state index contributed by atoms with van der Waals surface area (Å²) < 4.78 is 37.7. The van der Waals surface area contributed by atoms with Crippen molar-refractivity contribution in [1.82, 2.24) is 9.62 Å². The fourth-order valence-electron chi connectivity index (χ4n) is 3.65. The Morgan fingerprint density at radius 2 is 1.90 bits per heavy atom. The molecule has 2 atom stereocenters. The molecule has 0 aliphatic carbocycles. The second-order valence-corrected chi connectivity index (χ2v) is 9.20. The van der Waals surface area contributed by atoms with E-state index < -0.39 is 16.0 Å². The maximum atomic E-state index is 12.5. The summed E-state index contributed by atoms with van der Waals surface area (Å²) in [6.07, 6.45) is 4.37. The molecule has 1 amide bonds. The highest BCUT2D eigenvalue weighted by Crippen LogP contribution is 2.22. The maximum absolute atomic E-state index is 12.5. The number of piperidine rings is 1. The molecular formula is C21H26N2O6S. The summed E-state index contributed by atoms with van der Waals surface area (Å²) in [7, 11) is -3.85. The Kier molecular flexibility index (Phi) is 6.94. The van der Waals surface area contributed by atoms with E-state index in [1.165, 1.54) is 30.5 Å². The minimum Gasteiger partial charge on any atom is -0.468 e. The number of furan rings is 1. The van der Waals surface area contributed by atoms with E-state index in [-0.39, 0.29) is 41.6 Å². The molecule has 162 valence electrons. The first kappa shape index (κ1) is 22.0. The van der Waals surface area contributed by atoms with Crippen LogP contribution in [0.4, 0.5) is 0 Å². The number of carbonyl (C=O) groups is 2. The van der Waals surface area contributed by atoms with Gasteiger partial charge >= 0.3 is 5.97 Å². The molecule has 1 saturated heterocycles. The molecule has 0 saturated carbocycles. The summed E-state index contributed by atoms with van der Waals surface area (Å²) >= 11 is 0. The zero-order chi connectivity index (χ0) is 21.7. The van der Waals surface area contributed by atoms with E-state index in [1.54, 1.807) is 17.0 Å². The first-order chi connectivity index (χ1) is 14.3. The van der Waals surface area contributed by atoms with Crippen LogP contribution in [-0.2, 0) is 26.1 Å². The first-order valence-corrected chi connectivity index (χ1v) is 11.4. The van der Waals surface area contributed by atoms with Crippen LogP contribution in [0.25, 0.3) is 0 Å². The molecule has 2 heterocycles. The molecule has 2 unspecified atom stereocenters. The van der Waals surface area contributed by atoms with Gasteiger partial charge in [-0.05, 0) is 63.4 Å². The molecule has 30 heavy (non-hydrogen) atoms. The molecule has 1 aliphatic rings. The Bertz CT molecular complexity index is 977. The van der Waals surface area contributed by atoms with E-state index in [2.05, 4.69) is 4.72 Å². The van der Waals surface area contributed by atoms with E-state index in [4.69, 9.17) is 9.15 Å². The Labute approximate surface area is 176 Å². The van der Waals surface area contributed by atoms with Crippen LogP contribution < -0.4 is 4.72 Å². The lowest BCUT2D eigenvalue weighted by Gasteiger charge is -2.38. The fourth-order valence-corrected chi connectivity index (χ4v) is 4.69. The summed E-state index contributed by atoms with van der Waals surface area (Å²) in [6.45, 7) is 3.59. The van der Waals surface area contributed by atoms with E-state index >= 15 is 0 Å². The van der Waals surface area contributed by atoms with Crippen molar-refractivity contribution >= 4 is 21.9 Å².